The predicted octanol–water partition coefficient (Wildman–Crippen LogP) is 1.91. The summed E-state index contributed by atoms with van der Waals surface area (Å²) in [4.78, 5) is 26.0. The van der Waals surface area contributed by atoms with Gasteiger partial charge in [-0.25, -0.2) is 4.79 Å². The fourth-order valence-electron chi connectivity index (χ4n) is 3.37. The van der Waals surface area contributed by atoms with Crippen LogP contribution in [0.4, 0.5) is 18.0 Å². The quantitative estimate of drug-likeness (QED) is 0.794. The average Bonchev–Trinajstić information content (AvgIpc) is 2.47. The number of nitrogens with one attached hydrogen (secondary N) is 1. The number of carbonyl (C=O) groups excluding carboxylic acids is 1. The van der Waals surface area contributed by atoms with E-state index in [1.807, 2.05) is 11.8 Å². The summed E-state index contributed by atoms with van der Waals surface area (Å²) in [5, 5.41) is 11.6. The average molecular weight is 351 g/mol. The van der Waals surface area contributed by atoms with E-state index in [-0.39, 0.29) is 31.6 Å². The Morgan fingerprint density at radius 2 is 2.00 bits per heavy atom. The largest absolute Gasteiger partial charge is 0.480 e. The van der Waals surface area contributed by atoms with E-state index in [9.17, 15) is 22.8 Å². The number of nitrogens with zero attached hydrogens (tertiary/aromatic N) is 2. The third kappa shape index (κ3) is 4.75. The van der Waals surface area contributed by atoms with E-state index in [1.54, 1.807) is 0 Å². The molecule has 2 amide bonds. The molecule has 2 N–H and O–H groups in total. The van der Waals surface area contributed by atoms with Gasteiger partial charge in [-0.05, 0) is 32.2 Å². The van der Waals surface area contributed by atoms with Gasteiger partial charge in [-0.15, -0.1) is 0 Å². The minimum Gasteiger partial charge on any atom is -0.480 e. The van der Waals surface area contributed by atoms with Crippen LogP contribution in [-0.4, -0.2) is 71.3 Å². The number of piperidine rings is 1. The maximum Gasteiger partial charge on any atom is 0.393 e. The first-order valence-corrected chi connectivity index (χ1v) is 8.28. The van der Waals surface area contributed by atoms with Gasteiger partial charge >= 0.3 is 18.2 Å². The summed E-state index contributed by atoms with van der Waals surface area (Å²) < 4.78 is 38.4. The lowest BCUT2D eigenvalue weighted by Gasteiger charge is -2.43. The summed E-state index contributed by atoms with van der Waals surface area (Å²) >= 11 is 0. The number of rotatable bonds is 5. The van der Waals surface area contributed by atoms with Crippen LogP contribution in [0.3, 0.4) is 0 Å². The highest BCUT2D eigenvalue weighted by molar-refractivity contribution is 5.74. The maximum absolute atomic E-state index is 12.8. The molecular weight excluding hydrogens is 327 g/mol. The lowest BCUT2D eigenvalue weighted by atomic mass is 9.85. The highest BCUT2D eigenvalue weighted by Gasteiger charge is 2.43. The van der Waals surface area contributed by atoms with Crippen LogP contribution in [0.2, 0.25) is 0 Å². The molecule has 1 unspecified atom stereocenters. The molecule has 1 heterocycles. The molecule has 2 fully saturated rings. The normalized spacial score (nSPS) is 27.7. The number of carbonyl (C=O) groups is 2. The van der Waals surface area contributed by atoms with Gasteiger partial charge in [0.25, 0.3) is 0 Å². The molecule has 0 spiro atoms. The van der Waals surface area contributed by atoms with Crippen LogP contribution in [0.5, 0.6) is 0 Å². The van der Waals surface area contributed by atoms with Gasteiger partial charge in [0.2, 0.25) is 0 Å². The summed E-state index contributed by atoms with van der Waals surface area (Å²) in [6.45, 7) is 2.50. The van der Waals surface area contributed by atoms with E-state index in [4.69, 9.17) is 5.11 Å². The molecule has 2 rings (SSSR count). The number of urea groups is 1. The van der Waals surface area contributed by atoms with Crippen molar-refractivity contribution in [1.82, 2.24) is 15.1 Å². The van der Waals surface area contributed by atoms with Crippen LogP contribution in [-0.2, 0) is 4.79 Å². The second-order valence-corrected chi connectivity index (χ2v) is 6.56. The standard InChI is InChI=1S/C15H24F3N3O3/c1-2-20(9-13(22)23)12-6-11(7-12)19-14(24)21-5-3-4-10(8-21)15(16,17)18/h10-12H,2-9H2,1H3,(H,19,24)(H,22,23). The first-order chi connectivity index (χ1) is 11.2. The van der Waals surface area contributed by atoms with Gasteiger partial charge in [0.15, 0.2) is 0 Å². The third-order valence-electron chi connectivity index (χ3n) is 4.87. The molecule has 1 saturated heterocycles. The van der Waals surface area contributed by atoms with E-state index in [2.05, 4.69) is 5.32 Å². The number of halogens is 3. The second kappa shape index (κ2) is 7.58. The number of likely N-dealkylation sites (tertiary alicyclic amines) is 1. The Balaban J connectivity index is 1.77. The maximum atomic E-state index is 12.8. The Kier molecular flexibility index (Phi) is 5.95. The van der Waals surface area contributed by atoms with E-state index in [0.717, 1.165) is 0 Å². The van der Waals surface area contributed by atoms with Crippen LogP contribution in [0.15, 0.2) is 0 Å². The molecule has 1 aliphatic carbocycles. The van der Waals surface area contributed by atoms with Crippen molar-refractivity contribution >= 4 is 12.0 Å². The van der Waals surface area contributed by atoms with Crippen LogP contribution < -0.4 is 5.32 Å². The number of aliphatic carboxylic acids is 1. The third-order valence-corrected chi connectivity index (χ3v) is 4.87. The number of alkyl halides is 3. The SMILES string of the molecule is CCN(CC(=O)O)C1CC(NC(=O)N2CCCC(C(F)(F)F)C2)C1. The zero-order valence-electron chi connectivity index (χ0n) is 13.7. The van der Waals surface area contributed by atoms with Crippen molar-refractivity contribution in [2.45, 2.75) is 50.9 Å². The van der Waals surface area contributed by atoms with Crippen molar-refractivity contribution in [1.29, 1.82) is 0 Å². The number of hydrogen-bond acceptors (Lipinski definition) is 3. The molecule has 0 aromatic heterocycles. The van der Waals surface area contributed by atoms with Crippen LogP contribution in [0, 0.1) is 5.92 Å². The Labute approximate surface area is 139 Å². The van der Waals surface area contributed by atoms with Gasteiger partial charge in [-0.1, -0.05) is 6.92 Å². The lowest BCUT2D eigenvalue weighted by molar-refractivity contribution is -0.184. The smallest absolute Gasteiger partial charge is 0.393 e. The van der Waals surface area contributed by atoms with Crippen molar-refractivity contribution in [2.75, 3.05) is 26.2 Å². The molecule has 9 heteroatoms. The molecule has 1 aliphatic heterocycles. The zero-order chi connectivity index (χ0) is 17.9. The molecule has 1 atom stereocenters. The van der Waals surface area contributed by atoms with E-state index < -0.39 is 24.1 Å². The molecule has 0 aromatic carbocycles. The Morgan fingerprint density at radius 3 is 2.54 bits per heavy atom. The van der Waals surface area contributed by atoms with Crippen LogP contribution in [0.25, 0.3) is 0 Å². The van der Waals surface area contributed by atoms with Crippen LogP contribution in [0.1, 0.15) is 32.6 Å². The van der Waals surface area contributed by atoms with Crippen molar-refractivity contribution in [3.8, 4) is 0 Å². The number of hydrogen-bond donors (Lipinski definition) is 2. The van der Waals surface area contributed by atoms with E-state index in [1.165, 1.54) is 4.90 Å². The summed E-state index contributed by atoms with van der Waals surface area (Å²) in [6, 6.07) is -0.453. The molecule has 1 saturated carbocycles. The van der Waals surface area contributed by atoms with Crippen molar-refractivity contribution in [3.05, 3.63) is 0 Å². The summed E-state index contributed by atoms with van der Waals surface area (Å²) in [6.07, 6.45) is -2.59. The molecular formula is C15H24F3N3O3. The van der Waals surface area contributed by atoms with Crippen molar-refractivity contribution in [3.63, 3.8) is 0 Å². The van der Waals surface area contributed by atoms with Gasteiger partial charge in [-0.2, -0.15) is 13.2 Å². The molecule has 0 radical (unpaired) electrons. The number of carboxylic acids is 1. The lowest BCUT2D eigenvalue weighted by Crippen LogP contribution is -2.58. The molecule has 2 aliphatic rings. The first kappa shape index (κ1) is 18.8. The molecule has 24 heavy (non-hydrogen) atoms. The molecule has 138 valence electrons. The monoisotopic (exact) mass is 351 g/mol. The minimum atomic E-state index is -4.26. The summed E-state index contributed by atoms with van der Waals surface area (Å²) in [5.74, 6) is -2.34. The predicted molar refractivity (Wildman–Crippen MR) is 80.6 cm³/mol. The fraction of sp³-hybridized carbons (Fsp3) is 0.867. The second-order valence-electron chi connectivity index (χ2n) is 6.56. The molecule has 0 aromatic rings. The fourth-order valence-corrected chi connectivity index (χ4v) is 3.37. The van der Waals surface area contributed by atoms with E-state index >= 15 is 0 Å². The highest BCUT2D eigenvalue weighted by atomic mass is 19.4. The van der Waals surface area contributed by atoms with E-state index in [0.29, 0.717) is 32.4 Å². The van der Waals surface area contributed by atoms with Gasteiger partial charge in [-0.3, -0.25) is 9.69 Å². The van der Waals surface area contributed by atoms with Gasteiger partial charge in [0, 0.05) is 25.2 Å². The zero-order valence-corrected chi connectivity index (χ0v) is 13.7. The minimum absolute atomic E-state index is 0.0405. The Morgan fingerprint density at radius 1 is 1.33 bits per heavy atom. The first-order valence-electron chi connectivity index (χ1n) is 8.28. The molecule has 0 bridgehead atoms. The van der Waals surface area contributed by atoms with Gasteiger partial charge in [0.1, 0.15) is 0 Å². The van der Waals surface area contributed by atoms with Gasteiger partial charge in [0.05, 0.1) is 12.5 Å². The number of amides is 2. The topological polar surface area (TPSA) is 72.9 Å². The Bertz CT molecular complexity index is 467. The van der Waals surface area contributed by atoms with Crippen LogP contribution >= 0.6 is 0 Å². The summed E-state index contributed by atoms with van der Waals surface area (Å²) in [7, 11) is 0. The highest BCUT2D eigenvalue weighted by Crippen LogP contribution is 2.33. The van der Waals surface area contributed by atoms with Gasteiger partial charge < -0.3 is 15.3 Å². The van der Waals surface area contributed by atoms with Crippen molar-refractivity contribution in [2.24, 2.45) is 5.92 Å². The van der Waals surface area contributed by atoms with Crippen molar-refractivity contribution < 1.29 is 27.9 Å². The number of carboxylic acid groups (broad SMARTS) is 1. The molecule has 6 nitrogen and oxygen atoms in total. The number of likely N-dealkylation sites (N-methyl/N-ethyl adjacent to an activating group) is 1. The Hall–Kier alpha value is -1.51. The summed E-state index contributed by atoms with van der Waals surface area (Å²) in [5.41, 5.74) is 0.